The molecule has 2 aromatic carbocycles. The van der Waals surface area contributed by atoms with Crippen LogP contribution in [0.15, 0.2) is 85.0 Å². The molecule has 0 amide bonds. The molecule has 37 heavy (non-hydrogen) atoms. The molecule has 0 radical (unpaired) electrons. The number of halogens is 1. The number of hydrogen-bond acceptors (Lipinski definition) is 4. The van der Waals surface area contributed by atoms with Crippen LogP contribution in [0.25, 0.3) is 0 Å². The molecule has 0 atom stereocenters. The Balaban J connectivity index is 0.000000221. The minimum Gasteiger partial charge on any atom is -0.451 e. The Kier molecular flexibility index (Phi) is 12.3. The number of carbonyl (C=O) groups is 2. The van der Waals surface area contributed by atoms with E-state index in [0.717, 1.165) is 62.5 Å². The lowest BCUT2D eigenvalue weighted by molar-refractivity contribution is -0.160. The Hall–Kier alpha value is -2.69. The highest BCUT2D eigenvalue weighted by Gasteiger charge is 2.37. The molecule has 0 aromatic heterocycles. The van der Waals surface area contributed by atoms with Crippen molar-refractivity contribution in [1.29, 1.82) is 0 Å². The van der Waals surface area contributed by atoms with Gasteiger partial charge in [-0.25, -0.2) is 4.79 Å². The van der Waals surface area contributed by atoms with Gasteiger partial charge in [0.25, 0.3) is 0 Å². The molecule has 0 bridgehead atoms. The maximum atomic E-state index is 11.9. The van der Waals surface area contributed by atoms with E-state index in [1.165, 1.54) is 12.8 Å². The maximum Gasteiger partial charge on any atom is 0.333 e. The minimum atomic E-state index is -0.528. The molecular weight excluding hydrogens is 484 g/mol. The summed E-state index contributed by atoms with van der Waals surface area (Å²) in [5.41, 5.74) is 2.09. The molecule has 0 spiro atoms. The van der Waals surface area contributed by atoms with E-state index in [4.69, 9.17) is 16.3 Å². The molecule has 4 rings (SSSR count). The third kappa shape index (κ3) is 9.60. The van der Waals surface area contributed by atoms with Crippen LogP contribution in [-0.2, 0) is 25.5 Å². The van der Waals surface area contributed by atoms with Gasteiger partial charge in [0.05, 0.1) is 5.60 Å². The van der Waals surface area contributed by atoms with Crippen molar-refractivity contribution in [3.63, 3.8) is 0 Å². The van der Waals surface area contributed by atoms with Gasteiger partial charge in [-0.05, 0) is 75.1 Å². The molecule has 1 N–H and O–H groups in total. The molecule has 4 nitrogen and oxygen atoms in total. The van der Waals surface area contributed by atoms with E-state index in [1.54, 1.807) is 13.8 Å². The highest BCUT2D eigenvalue weighted by molar-refractivity contribution is 6.67. The van der Waals surface area contributed by atoms with Crippen LogP contribution < -0.4 is 0 Å². The first kappa shape index (κ1) is 30.5. The zero-order chi connectivity index (χ0) is 27.3. The lowest BCUT2D eigenvalue weighted by Gasteiger charge is -2.37. The van der Waals surface area contributed by atoms with Gasteiger partial charge in [-0.3, -0.25) is 4.79 Å². The third-order valence-electron chi connectivity index (χ3n) is 6.93. The van der Waals surface area contributed by atoms with Gasteiger partial charge in [-0.2, -0.15) is 0 Å². The van der Waals surface area contributed by atoms with Gasteiger partial charge in [0.2, 0.25) is 5.24 Å². The van der Waals surface area contributed by atoms with Gasteiger partial charge in [-0.1, -0.05) is 99.5 Å². The standard InChI is InChI=1S/C16H20O2.C12H16O.C4H5ClO/c1-13(2)15(17)18-16(11-7-4-8-12-16)14-9-5-3-6-10-14;13-12(9-5-2-6-10-12)11-7-3-1-4-8-11;1-3(2)4(5)6/h3,5-6,9-10H,1,4,7-8,11-12H2,2H3;1,3-4,7-8,13H,2,5-6,9-10H2;1H2,2H3. The molecule has 0 unspecified atom stereocenters. The van der Waals surface area contributed by atoms with Crippen LogP contribution in [0.5, 0.6) is 0 Å². The van der Waals surface area contributed by atoms with Crippen LogP contribution in [0, 0.1) is 0 Å². The summed E-state index contributed by atoms with van der Waals surface area (Å²) >= 11 is 4.87. The van der Waals surface area contributed by atoms with E-state index < -0.39 is 16.4 Å². The van der Waals surface area contributed by atoms with Gasteiger partial charge in [0, 0.05) is 11.1 Å². The summed E-state index contributed by atoms with van der Waals surface area (Å²) in [5, 5.41) is 9.88. The van der Waals surface area contributed by atoms with E-state index in [2.05, 4.69) is 25.3 Å². The van der Waals surface area contributed by atoms with Crippen molar-refractivity contribution < 1.29 is 19.4 Å². The zero-order valence-corrected chi connectivity index (χ0v) is 23.1. The number of ether oxygens (including phenoxy) is 1. The predicted octanol–water partition coefficient (Wildman–Crippen LogP) is 8.13. The van der Waals surface area contributed by atoms with Crippen LogP contribution >= 0.6 is 11.6 Å². The van der Waals surface area contributed by atoms with Crippen LogP contribution in [-0.4, -0.2) is 16.3 Å². The third-order valence-corrected chi connectivity index (χ3v) is 7.25. The molecule has 2 aliphatic carbocycles. The summed E-state index contributed by atoms with van der Waals surface area (Å²) in [6.07, 6.45) is 10.7. The average molecular weight is 525 g/mol. The van der Waals surface area contributed by atoms with Crippen molar-refractivity contribution in [2.24, 2.45) is 0 Å². The number of hydrogen-bond donors (Lipinski definition) is 1. The molecule has 0 saturated heterocycles. The van der Waals surface area contributed by atoms with Crippen LogP contribution in [0.2, 0.25) is 0 Å². The smallest absolute Gasteiger partial charge is 0.333 e. The van der Waals surface area contributed by atoms with Gasteiger partial charge in [0.15, 0.2) is 0 Å². The molecule has 2 saturated carbocycles. The Morgan fingerprint density at radius 1 is 0.730 bits per heavy atom. The monoisotopic (exact) mass is 524 g/mol. The molecule has 5 heteroatoms. The van der Waals surface area contributed by atoms with Crippen molar-refractivity contribution >= 4 is 22.8 Å². The summed E-state index contributed by atoms with van der Waals surface area (Å²) in [7, 11) is 0. The van der Waals surface area contributed by atoms with Crippen molar-refractivity contribution in [2.45, 2.75) is 89.3 Å². The fraction of sp³-hybridized carbons (Fsp3) is 0.438. The zero-order valence-electron chi connectivity index (χ0n) is 22.3. The SMILES string of the molecule is C=C(C)C(=O)Cl.C=C(C)C(=O)OC1(c2ccccc2)CCCCC1.OC1(c2ccccc2)CCCCC1. The predicted molar refractivity (Wildman–Crippen MR) is 151 cm³/mol. The number of carbonyl (C=O) groups excluding carboxylic acids is 2. The Bertz CT molecular complexity index is 1010. The fourth-order valence-corrected chi connectivity index (χ4v) is 4.75. The normalized spacial score (nSPS) is 17.5. The molecule has 0 aliphatic heterocycles. The Morgan fingerprint density at radius 3 is 1.54 bits per heavy atom. The summed E-state index contributed by atoms with van der Waals surface area (Å²) in [4.78, 5) is 21.7. The van der Waals surface area contributed by atoms with E-state index >= 15 is 0 Å². The Labute approximate surface area is 227 Å². The van der Waals surface area contributed by atoms with Gasteiger partial charge < -0.3 is 9.84 Å². The average Bonchev–Trinajstić information content (AvgIpc) is 2.91. The van der Waals surface area contributed by atoms with Crippen LogP contribution in [0.3, 0.4) is 0 Å². The van der Waals surface area contributed by atoms with Crippen molar-refractivity contribution in [2.75, 3.05) is 0 Å². The minimum absolute atomic E-state index is 0.277. The van der Waals surface area contributed by atoms with Gasteiger partial charge >= 0.3 is 5.97 Å². The molecular formula is C32H41ClO4. The van der Waals surface area contributed by atoms with E-state index in [1.807, 2.05) is 48.5 Å². The first-order valence-electron chi connectivity index (χ1n) is 13.2. The number of aliphatic hydroxyl groups is 1. The van der Waals surface area contributed by atoms with Crippen molar-refractivity contribution in [3.05, 3.63) is 96.1 Å². The van der Waals surface area contributed by atoms with Crippen LogP contribution in [0.1, 0.15) is 89.2 Å². The topological polar surface area (TPSA) is 63.6 Å². The van der Waals surface area contributed by atoms with Crippen molar-refractivity contribution in [3.8, 4) is 0 Å². The number of rotatable bonds is 5. The summed E-state index contributed by atoms with van der Waals surface area (Å²) in [6, 6.07) is 20.2. The molecule has 200 valence electrons. The van der Waals surface area contributed by atoms with Crippen LogP contribution in [0.4, 0.5) is 0 Å². The van der Waals surface area contributed by atoms with Gasteiger partial charge in [0.1, 0.15) is 5.60 Å². The first-order valence-corrected chi connectivity index (χ1v) is 13.5. The summed E-state index contributed by atoms with van der Waals surface area (Å²) in [5.74, 6) is -0.277. The highest BCUT2D eigenvalue weighted by atomic mass is 35.5. The summed E-state index contributed by atoms with van der Waals surface area (Å²) < 4.78 is 5.79. The largest absolute Gasteiger partial charge is 0.451 e. The highest BCUT2D eigenvalue weighted by Crippen LogP contribution is 2.41. The second-order valence-corrected chi connectivity index (χ2v) is 10.4. The number of esters is 1. The lowest BCUT2D eigenvalue weighted by Crippen LogP contribution is -2.34. The quantitative estimate of drug-likeness (QED) is 0.243. The molecule has 2 aliphatic rings. The second kappa shape index (κ2) is 14.9. The fourth-order valence-electron chi connectivity index (χ4n) is 4.75. The Morgan fingerprint density at radius 2 is 1.14 bits per heavy atom. The van der Waals surface area contributed by atoms with Gasteiger partial charge in [-0.15, -0.1) is 0 Å². The maximum absolute atomic E-state index is 11.9. The van der Waals surface area contributed by atoms with E-state index in [0.29, 0.717) is 11.1 Å². The molecule has 2 aromatic rings. The van der Waals surface area contributed by atoms with E-state index in [-0.39, 0.29) is 5.97 Å². The summed E-state index contributed by atoms with van der Waals surface area (Å²) in [6.45, 7) is 10.2. The number of benzene rings is 2. The first-order chi connectivity index (χ1) is 17.6. The molecule has 0 heterocycles. The van der Waals surface area contributed by atoms with E-state index in [9.17, 15) is 14.7 Å². The van der Waals surface area contributed by atoms with Crippen molar-refractivity contribution in [1.82, 2.24) is 0 Å². The number of allylic oxidation sites excluding steroid dienone is 1. The lowest BCUT2D eigenvalue weighted by atomic mass is 9.79. The second-order valence-electron chi connectivity index (χ2n) is 10.1. The molecule has 2 fully saturated rings.